The van der Waals surface area contributed by atoms with Crippen LogP contribution in [0.3, 0.4) is 0 Å². The van der Waals surface area contributed by atoms with Crippen LogP contribution >= 0.6 is 11.3 Å². The van der Waals surface area contributed by atoms with Gasteiger partial charge < -0.3 is 14.8 Å². The Hall–Kier alpha value is -2.60. The summed E-state index contributed by atoms with van der Waals surface area (Å²) in [6.07, 6.45) is 4.53. The lowest BCUT2D eigenvalue weighted by atomic mass is 9.85. The molecule has 1 saturated carbocycles. The van der Waals surface area contributed by atoms with E-state index < -0.39 is 5.54 Å². The number of hydrogen-bond donors (Lipinski definition) is 1. The van der Waals surface area contributed by atoms with E-state index in [0.29, 0.717) is 24.7 Å². The van der Waals surface area contributed by atoms with Crippen molar-refractivity contribution in [1.82, 2.24) is 14.8 Å². The van der Waals surface area contributed by atoms with Gasteiger partial charge in [-0.1, -0.05) is 49.6 Å². The number of rotatable bonds is 4. The van der Waals surface area contributed by atoms with E-state index in [0.717, 1.165) is 35.0 Å². The highest BCUT2D eigenvalue weighted by Gasteiger charge is 2.48. The Balaban J connectivity index is 1.52. The summed E-state index contributed by atoms with van der Waals surface area (Å²) in [5.74, 6) is 0.348. The molecule has 0 saturated heterocycles. The predicted octanol–water partition coefficient (Wildman–Crippen LogP) is 5.12. The van der Waals surface area contributed by atoms with Crippen molar-refractivity contribution in [2.45, 2.75) is 71.1 Å². The summed E-state index contributed by atoms with van der Waals surface area (Å²) in [6, 6.07) is 12.4. The maximum atomic E-state index is 13.8. The molecule has 2 aliphatic rings. The van der Waals surface area contributed by atoms with Crippen LogP contribution in [0.5, 0.6) is 0 Å². The van der Waals surface area contributed by atoms with Gasteiger partial charge in [0.15, 0.2) is 0 Å². The summed E-state index contributed by atoms with van der Waals surface area (Å²) in [4.78, 5) is 29.4. The first-order valence-electron chi connectivity index (χ1n) is 11.6. The largest absolute Gasteiger partial charge is 0.351 e. The fourth-order valence-electron chi connectivity index (χ4n) is 5.25. The second-order valence-corrected chi connectivity index (χ2v) is 10.7. The van der Waals surface area contributed by atoms with Crippen LogP contribution < -0.4 is 5.32 Å². The normalized spacial score (nSPS) is 25.7. The zero-order valence-corrected chi connectivity index (χ0v) is 19.9. The van der Waals surface area contributed by atoms with Crippen LogP contribution in [0.4, 0.5) is 0 Å². The zero-order valence-electron chi connectivity index (χ0n) is 19.1. The van der Waals surface area contributed by atoms with Gasteiger partial charge in [0.2, 0.25) is 5.91 Å². The SMILES string of the molecule is Cc1ccc(CN2C(=O)c3cc4sccc4n3C[C@]2(C)C(=O)N[C@@H]2CCCC[C@@H]2C)cc1. The molecule has 1 N–H and O–H groups in total. The molecule has 1 aromatic carbocycles. The number of amides is 2. The Labute approximate surface area is 193 Å². The minimum Gasteiger partial charge on any atom is -0.351 e. The molecule has 3 heterocycles. The number of nitrogens with zero attached hydrogens (tertiary/aromatic N) is 2. The van der Waals surface area contributed by atoms with E-state index in [-0.39, 0.29) is 17.9 Å². The van der Waals surface area contributed by atoms with Gasteiger partial charge in [0.1, 0.15) is 11.2 Å². The quantitative estimate of drug-likeness (QED) is 0.601. The summed E-state index contributed by atoms with van der Waals surface area (Å²) >= 11 is 1.63. The van der Waals surface area contributed by atoms with Gasteiger partial charge >= 0.3 is 0 Å². The minimum atomic E-state index is -0.958. The molecule has 1 fully saturated rings. The lowest BCUT2D eigenvalue weighted by molar-refractivity contribution is -0.134. The maximum absolute atomic E-state index is 13.8. The maximum Gasteiger partial charge on any atom is 0.271 e. The number of carbonyl (C=O) groups excluding carboxylic acids is 2. The second-order valence-electron chi connectivity index (χ2n) is 9.78. The van der Waals surface area contributed by atoms with Gasteiger partial charge in [-0.3, -0.25) is 9.59 Å². The van der Waals surface area contributed by atoms with E-state index >= 15 is 0 Å². The Morgan fingerprint density at radius 3 is 2.69 bits per heavy atom. The number of fused-ring (bicyclic) bond motifs is 3. The molecule has 1 aliphatic carbocycles. The van der Waals surface area contributed by atoms with Gasteiger partial charge in [-0.25, -0.2) is 0 Å². The fourth-order valence-corrected chi connectivity index (χ4v) is 6.07. The molecule has 5 nitrogen and oxygen atoms in total. The number of carbonyl (C=O) groups is 2. The lowest BCUT2D eigenvalue weighted by Crippen LogP contribution is -2.65. The number of aromatic nitrogens is 1. The molecule has 0 bridgehead atoms. The molecule has 168 valence electrons. The summed E-state index contributed by atoms with van der Waals surface area (Å²) < 4.78 is 3.14. The third kappa shape index (κ3) is 3.54. The number of benzene rings is 1. The number of aryl methyl sites for hydroxylation is 1. The van der Waals surface area contributed by atoms with E-state index in [1.807, 2.05) is 29.0 Å². The van der Waals surface area contributed by atoms with E-state index in [1.54, 1.807) is 16.2 Å². The van der Waals surface area contributed by atoms with Crippen LogP contribution in [0.1, 0.15) is 61.1 Å². The van der Waals surface area contributed by atoms with Gasteiger partial charge in [0, 0.05) is 12.6 Å². The van der Waals surface area contributed by atoms with Crippen molar-refractivity contribution in [1.29, 1.82) is 0 Å². The molecule has 32 heavy (non-hydrogen) atoms. The van der Waals surface area contributed by atoms with Gasteiger partial charge in [0.05, 0.1) is 16.8 Å². The summed E-state index contributed by atoms with van der Waals surface area (Å²) in [5, 5.41) is 5.39. The summed E-state index contributed by atoms with van der Waals surface area (Å²) in [6.45, 7) is 7.10. The number of nitrogens with one attached hydrogen (secondary N) is 1. The average Bonchev–Trinajstić information content (AvgIpc) is 3.36. The van der Waals surface area contributed by atoms with Crippen LogP contribution in [-0.2, 0) is 17.9 Å². The molecule has 1 aliphatic heterocycles. The number of hydrogen-bond acceptors (Lipinski definition) is 3. The number of thiophene rings is 1. The van der Waals surface area contributed by atoms with Crippen molar-refractivity contribution >= 4 is 33.4 Å². The Morgan fingerprint density at radius 2 is 1.94 bits per heavy atom. The standard InChI is InChI=1S/C26H31N3O2S/c1-17-8-10-19(11-9-17)15-29-24(30)22-14-23-21(12-13-32-23)28(22)16-26(29,3)25(31)27-20-7-5-4-6-18(20)2/h8-14,18,20H,4-7,15-16H2,1-3H3,(H,27,31)/t18-,20+,26+/m0/s1. The van der Waals surface area contributed by atoms with E-state index in [4.69, 9.17) is 0 Å². The lowest BCUT2D eigenvalue weighted by Gasteiger charge is -2.45. The highest BCUT2D eigenvalue weighted by Crippen LogP contribution is 2.36. The molecular weight excluding hydrogens is 418 g/mol. The van der Waals surface area contributed by atoms with Crippen LogP contribution in [0.2, 0.25) is 0 Å². The average molecular weight is 450 g/mol. The first-order valence-corrected chi connectivity index (χ1v) is 12.5. The molecule has 0 unspecified atom stereocenters. The molecule has 2 aromatic heterocycles. The highest BCUT2D eigenvalue weighted by molar-refractivity contribution is 7.17. The molecule has 3 aromatic rings. The Morgan fingerprint density at radius 1 is 1.19 bits per heavy atom. The molecule has 6 heteroatoms. The Bertz CT molecular complexity index is 1160. The first-order chi connectivity index (χ1) is 15.4. The van der Waals surface area contributed by atoms with Gasteiger partial charge in [-0.05, 0) is 55.7 Å². The summed E-state index contributed by atoms with van der Waals surface area (Å²) in [5.41, 5.74) is 2.98. The van der Waals surface area contributed by atoms with Gasteiger partial charge in [-0.15, -0.1) is 11.3 Å². The third-order valence-corrected chi connectivity index (χ3v) is 8.28. The molecule has 3 atom stereocenters. The van der Waals surface area contributed by atoms with Crippen molar-refractivity contribution in [3.8, 4) is 0 Å². The van der Waals surface area contributed by atoms with Crippen molar-refractivity contribution in [2.75, 3.05) is 0 Å². The van der Waals surface area contributed by atoms with Gasteiger partial charge in [-0.2, -0.15) is 0 Å². The van der Waals surface area contributed by atoms with Crippen molar-refractivity contribution < 1.29 is 9.59 Å². The van der Waals surface area contributed by atoms with Crippen molar-refractivity contribution in [3.63, 3.8) is 0 Å². The van der Waals surface area contributed by atoms with E-state index in [2.05, 4.69) is 43.4 Å². The highest BCUT2D eigenvalue weighted by atomic mass is 32.1. The Kier molecular flexibility index (Phi) is 5.36. The molecular formula is C26H31N3O2S. The topological polar surface area (TPSA) is 54.3 Å². The molecule has 5 rings (SSSR count). The predicted molar refractivity (Wildman–Crippen MR) is 129 cm³/mol. The zero-order chi connectivity index (χ0) is 22.5. The van der Waals surface area contributed by atoms with Crippen LogP contribution in [0, 0.1) is 12.8 Å². The summed E-state index contributed by atoms with van der Waals surface area (Å²) in [7, 11) is 0. The van der Waals surface area contributed by atoms with Gasteiger partial charge in [0.25, 0.3) is 5.91 Å². The first kappa shape index (κ1) is 21.3. The monoisotopic (exact) mass is 449 g/mol. The molecule has 0 spiro atoms. The fraction of sp³-hybridized carbons (Fsp3) is 0.462. The van der Waals surface area contributed by atoms with Crippen LogP contribution in [0.15, 0.2) is 41.8 Å². The van der Waals surface area contributed by atoms with Crippen LogP contribution in [0.25, 0.3) is 10.2 Å². The van der Waals surface area contributed by atoms with Crippen LogP contribution in [-0.4, -0.2) is 32.9 Å². The molecule has 0 radical (unpaired) electrons. The van der Waals surface area contributed by atoms with E-state index in [9.17, 15) is 9.59 Å². The smallest absolute Gasteiger partial charge is 0.271 e. The van der Waals surface area contributed by atoms with E-state index in [1.165, 1.54) is 12.0 Å². The molecule has 2 amide bonds. The third-order valence-electron chi connectivity index (χ3n) is 7.43. The van der Waals surface area contributed by atoms with Crippen molar-refractivity contribution in [2.24, 2.45) is 5.92 Å². The second kappa shape index (κ2) is 8.07. The minimum absolute atomic E-state index is 0.0422. The van der Waals surface area contributed by atoms with Crippen molar-refractivity contribution in [3.05, 3.63) is 58.6 Å².